The zero-order valence-electron chi connectivity index (χ0n) is 18.3. The van der Waals surface area contributed by atoms with Crippen molar-refractivity contribution in [2.75, 3.05) is 31.6 Å². The van der Waals surface area contributed by atoms with Crippen molar-refractivity contribution in [1.82, 2.24) is 4.90 Å². The van der Waals surface area contributed by atoms with E-state index < -0.39 is 0 Å². The third-order valence-electron chi connectivity index (χ3n) is 4.93. The first-order valence-corrected chi connectivity index (χ1v) is 11.2. The average molecular weight is 438 g/mol. The molecule has 7 heteroatoms. The largest absolute Gasteiger partial charge is 0.462 e. The number of amides is 1. The molecule has 31 heavy (non-hydrogen) atoms. The topological polar surface area (TPSA) is 62.2 Å². The number of amidine groups is 1. The van der Waals surface area contributed by atoms with Gasteiger partial charge >= 0.3 is 5.97 Å². The van der Waals surface area contributed by atoms with E-state index in [2.05, 4.69) is 35.9 Å². The molecule has 2 aromatic carbocycles. The predicted octanol–water partition coefficient (Wildman–Crippen LogP) is 4.94. The molecule has 1 fully saturated rings. The number of thioether (sulfide) groups is 1. The summed E-state index contributed by atoms with van der Waals surface area (Å²) in [5.41, 5.74) is 3.28. The molecular weight excluding hydrogens is 410 g/mol. The number of nitrogens with zero attached hydrogens (tertiary/aromatic N) is 3. The van der Waals surface area contributed by atoms with Crippen molar-refractivity contribution in [3.8, 4) is 0 Å². The van der Waals surface area contributed by atoms with E-state index in [0.717, 1.165) is 18.7 Å². The number of rotatable bonds is 7. The maximum atomic E-state index is 12.7. The summed E-state index contributed by atoms with van der Waals surface area (Å²) in [4.78, 5) is 33.5. The SMILES string of the molecule is CCOC(=O)c1ccc(N=C2SC(=Cc3ccc(N(CC)CC)cc3)C(=O)N2C)cc1. The van der Waals surface area contributed by atoms with Crippen LogP contribution in [0.25, 0.3) is 6.08 Å². The molecular formula is C24H27N3O3S. The van der Waals surface area contributed by atoms with E-state index >= 15 is 0 Å². The first-order valence-electron chi connectivity index (χ1n) is 10.3. The van der Waals surface area contributed by atoms with E-state index in [-0.39, 0.29) is 11.9 Å². The minimum Gasteiger partial charge on any atom is -0.462 e. The first-order chi connectivity index (χ1) is 15.0. The summed E-state index contributed by atoms with van der Waals surface area (Å²) in [5, 5.41) is 0.597. The lowest BCUT2D eigenvalue weighted by Crippen LogP contribution is -2.23. The van der Waals surface area contributed by atoms with Crippen LogP contribution >= 0.6 is 11.8 Å². The second-order valence-corrected chi connectivity index (χ2v) is 7.91. The van der Waals surface area contributed by atoms with Gasteiger partial charge in [-0.2, -0.15) is 0 Å². The Balaban J connectivity index is 1.76. The molecule has 0 aliphatic carbocycles. The van der Waals surface area contributed by atoms with Crippen LogP contribution in [-0.4, -0.2) is 48.7 Å². The van der Waals surface area contributed by atoms with E-state index in [1.165, 1.54) is 17.4 Å². The maximum Gasteiger partial charge on any atom is 0.338 e. The van der Waals surface area contributed by atoms with Gasteiger partial charge in [-0.3, -0.25) is 9.69 Å². The van der Waals surface area contributed by atoms with Gasteiger partial charge in [0.15, 0.2) is 5.17 Å². The highest BCUT2D eigenvalue weighted by molar-refractivity contribution is 8.18. The minimum absolute atomic E-state index is 0.0836. The van der Waals surface area contributed by atoms with Crippen molar-refractivity contribution in [1.29, 1.82) is 0 Å². The van der Waals surface area contributed by atoms with Gasteiger partial charge < -0.3 is 9.64 Å². The minimum atomic E-state index is -0.360. The molecule has 1 saturated heterocycles. The van der Waals surface area contributed by atoms with E-state index in [1.807, 2.05) is 18.2 Å². The van der Waals surface area contributed by atoms with Crippen LogP contribution in [0.4, 0.5) is 11.4 Å². The van der Waals surface area contributed by atoms with Crippen molar-refractivity contribution < 1.29 is 14.3 Å². The predicted molar refractivity (Wildman–Crippen MR) is 128 cm³/mol. The molecule has 1 heterocycles. The van der Waals surface area contributed by atoms with Gasteiger partial charge in [-0.25, -0.2) is 9.79 Å². The number of aliphatic imine (C=N–C) groups is 1. The van der Waals surface area contributed by atoms with Gasteiger partial charge in [-0.15, -0.1) is 0 Å². The Morgan fingerprint density at radius 3 is 2.29 bits per heavy atom. The summed E-state index contributed by atoms with van der Waals surface area (Å²) < 4.78 is 4.99. The van der Waals surface area contributed by atoms with Gasteiger partial charge in [0, 0.05) is 25.8 Å². The van der Waals surface area contributed by atoms with E-state index in [9.17, 15) is 9.59 Å². The number of benzene rings is 2. The molecule has 0 unspecified atom stereocenters. The molecule has 1 aliphatic heterocycles. The molecule has 1 amide bonds. The number of hydrogen-bond donors (Lipinski definition) is 0. The highest BCUT2D eigenvalue weighted by atomic mass is 32.2. The lowest BCUT2D eigenvalue weighted by molar-refractivity contribution is -0.121. The summed E-state index contributed by atoms with van der Waals surface area (Å²) in [6.45, 7) is 8.28. The van der Waals surface area contributed by atoms with Gasteiger partial charge in [-0.05, 0) is 80.6 Å². The first kappa shape index (κ1) is 22.6. The van der Waals surface area contributed by atoms with Crippen LogP contribution in [0.1, 0.15) is 36.7 Å². The number of ether oxygens (including phenoxy) is 1. The maximum absolute atomic E-state index is 12.7. The second kappa shape index (κ2) is 10.3. The summed E-state index contributed by atoms with van der Waals surface area (Å²) in [6, 6.07) is 15.0. The smallest absolute Gasteiger partial charge is 0.338 e. The van der Waals surface area contributed by atoms with Crippen LogP contribution in [0.3, 0.4) is 0 Å². The van der Waals surface area contributed by atoms with E-state index in [1.54, 1.807) is 43.1 Å². The highest BCUT2D eigenvalue weighted by Crippen LogP contribution is 2.33. The number of anilines is 1. The molecule has 0 saturated carbocycles. The summed E-state index contributed by atoms with van der Waals surface area (Å²) in [5.74, 6) is -0.443. The fraction of sp³-hybridized carbons (Fsp3) is 0.292. The third-order valence-corrected chi connectivity index (χ3v) is 5.99. The van der Waals surface area contributed by atoms with Gasteiger partial charge in [0.05, 0.1) is 22.8 Å². The van der Waals surface area contributed by atoms with Crippen molar-refractivity contribution in [2.24, 2.45) is 4.99 Å². The molecule has 0 atom stereocenters. The standard InChI is InChI=1S/C24H27N3O3S/c1-5-27(6-2)20-14-8-17(9-15-20)16-21-22(28)26(4)24(31-21)25-19-12-10-18(11-13-19)23(29)30-7-3/h8-16H,5-7H2,1-4H3. The quantitative estimate of drug-likeness (QED) is 0.453. The summed E-state index contributed by atoms with van der Waals surface area (Å²) in [6.07, 6.45) is 1.89. The second-order valence-electron chi connectivity index (χ2n) is 6.90. The Kier molecular flexibility index (Phi) is 7.52. The highest BCUT2D eigenvalue weighted by Gasteiger charge is 2.30. The molecule has 1 aliphatic rings. The van der Waals surface area contributed by atoms with E-state index in [0.29, 0.717) is 27.9 Å². The molecule has 6 nitrogen and oxygen atoms in total. The third kappa shape index (κ3) is 5.35. The summed E-state index contributed by atoms with van der Waals surface area (Å²) in [7, 11) is 1.71. The molecule has 3 rings (SSSR count). The fourth-order valence-electron chi connectivity index (χ4n) is 3.17. The number of carbonyl (C=O) groups is 2. The normalized spacial score (nSPS) is 16.3. The zero-order valence-corrected chi connectivity index (χ0v) is 19.1. The molecule has 0 bridgehead atoms. The number of likely N-dealkylation sites (N-methyl/N-ethyl adjacent to an activating group) is 1. The van der Waals surface area contributed by atoms with Crippen LogP contribution in [0, 0.1) is 0 Å². The Morgan fingerprint density at radius 1 is 1.06 bits per heavy atom. The van der Waals surface area contributed by atoms with Crippen molar-refractivity contribution in [2.45, 2.75) is 20.8 Å². The van der Waals surface area contributed by atoms with Crippen LogP contribution in [0.15, 0.2) is 58.4 Å². The zero-order chi connectivity index (χ0) is 22.4. The molecule has 0 spiro atoms. The lowest BCUT2D eigenvalue weighted by atomic mass is 10.1. The lowest BCUT2D eigenvalue weighted by Gasteiger charge is -2.20. The van der Waals surface area contributed by atoms with Crippen LogP contribution < -0.4 is 4.90 Å². The van der Waals surface area contributed by atoms with Gasteiger partial charge in [0.25, 0.3) is 5.91 Å². The molecule has 2 aromatic rings. The van der Waals surface area contributed by atoms with E-state index in [4.69, 9.17) is 4.74 Å². The number of carbonyl (C=O) groups excluding carboxylic acids is 2. The van der Waals surface area contributed by atoms with Crippen molar-refractivity contribution in [3.05, 3.63) is 64.6 Å². The molecule has 0 aromatic heterocycles. The molecule has 162 valence electrons. The average Bonchev–Trinajstić information content (AvgIpc) is 3.04. The number of hydrogen-bond acceptors (Lipinski definition) is 6. The Hall–Kier alpha value is -3.06. The fourth-order valence-corrected chi connectivity index (χ4v) is 4.16. The Bertz CT molecular complexity index is 994. The number of esters is 1. The molecule has 0 radical (unpaired) electrons. The van der Waals surface area contributed by atoms with Crippen LogP contribution in [-0.2, 0) is 9.53 Å². The Morgan fingerprint density at radius 2 is 1.71 bits per heavy atom. The van der Waals surface area contributed by atoms with Gasteiger partial charge in [0.2, 0.25) is 0 Å². The monoisotopic (exact) mass is 437 g/mol. The summed E-state index contributed by atoms with van der Waals surface area (Å²) >= 11 is 1.34. The van der Waals surface area contributed by atoms with Crippen LogP contribution in [0.2, 0.25) is 0 Å². The van der Waals surface area contributed by atoms with Crippen molar-refractivity contribution in [3.63, 3.8) is 0 Å². The van der Waals surface area contributed by atoms with Gasteiger partial charge in [-0.1, -0.05) is 12.1 Å². The van der Waals surface area contributed by atoms with Crippen LogP contribution in [0.5, 0.6) is 0 Å². The molecule has 0 N–H and O–H groups in total. The Labute approximate surface area is 187 Å². The van der Waals surface area contributed by atoms with Crippen molar-refractivity contribution >= 4 is 46.3 Å². The van der Waals surface area contributed by atoms with Gasteiger partial charge in [0.1, 0.15) is 0 Å².